The molecule has 4 aromatic carbocycles. The van der Waals surface area contributed by atoms with Gasteiger partial charge in [0.1, 0.15) is 5.75 Å². The summed E-state index contributed by atoms with van der Waals surface area (Å²) in [4.78, 5) is 14.0. The Hall–Kier alpha value is -4.29. The molecule has 4 rings (SSSR count). The highest BCUT2D eigenvalue weighted by atomic mass is 16.5. The molecule has 0 atom stereocenters. The number of methoxy groups -OCH3 is 2. The van der Waals surface area contributed by atoms with Gasteiger partial charge in [0.25, 0.3) is 0 Å². The van der Waals surface area contributed by atoms with Gasteiger partial charge in [-0.3, -0.25) is 9.69 Å². The zero-order valence-corrected chi connectivity index (χ0v) is 22.6. The fourth-order valence-corrected chi connectivity index (χ4v) is 4.72. The molecule has 0 aromatic heterocycles. The van der Waals surface area contributed by atoms with Crippen LogP contribution in [0.5, 0.6) is 17.2 Å². The van der Waals surface area contributed by atoms with Gasteiger partial charge in [0.05, 0.1) is 20.8 Å². The van der Waals surface area contributed by atoms with Gasteiger partial charge in [-0.15, -0.1) is 0 Å². The van der Waals surface area contributed by atoms with E-state index in [9.17, 15) is 4.79 Å². The van der Waals surface area contributed by atoms with Crippen LogP contribution in [-0.2, 0) is 6.54 Å². The predicted octanol–water partition coefficient (Wildman–Crippen LogP) is 5.91. The van der Waals surface area contributed by atoms with E-state index in [0.717, 1.165) is 37.4 Å². The molecule has 0 aliphatic carbocycles. The monoisotopic (exact) mass is 524 g/mol. The number of primary amides is 1. The van der Waals surface area contributed by atoms with Gasteiger partial charge in [-0.05, 0) is 53.4 Å². The summed E-state index contributed by atoms with van der Waals surface area (Å²) < 4.78 is 17.0. The largest absolute Gasteiger partial charge is 0.494 e. The molecule has 6 nitrogen and oxygen atoms in total. The molecular formula is C33H36N2O4. The number of nitrogens with two attached hydrogens (primary N) is 1. The number of nitrogens with zero attached hydrogens (tertiary/aromatic N) is 1. The molecule has 0 saturated heterocycles. The molecule has 1 amide bonds. The van der Waals surface area contributed by atoms with Crippen molar-refractivity contribution in [3.63, 3.8) is 0 Å². The number of hydrogen-bond acceptors (Lipinski definition) is 5. The summed E-state index contributed by atoms with van der Waals surface area (Å²) in [6.07, 6.45) is 0.810. The molecule has 0 radical (unpaired) electrons. The lowest BCUT2D eigenvalue weighted by molar-refractivity contribution is 0.0999. The molecular weight excluding hydrogens is 488 g/mol. The standard InChI is InChI=1S/C33H36N2O4/c1-37-31-18-17-25(21-32(31)38-2)23-35(19-10-20-39-29-16-9-15-28(22-29)33(34)36)24-30(26-11-5-3-6-12-26)27-13-7-4-8-14-27/h3-9,11-18,21-22,30H,10,19-20,23-24H2,1-2H3,(H2,34,36). The Morgan fingerprint density at radius 2 is 1.46 bits per heavy atom. The molecule has 202 valence electrons. The number of carbonyl (C=O) groups is 1. The lowest BCUT2D eigenvalue weighted by Gasteiger charge is -2.29. The van der Waals surface area contributed by atoms with Crippen LogP contribution in [0.3, 0.4) is 0 Å². The first kappa shape index (κ1) is 27.7. The van der Waals surface area contributed by atoms with Crippen LogP contribution in [0.15, 0.2) is 103 Å². The number of hydrogen-bond donors (Lipinski definition) is 1. The van der Waals surface area contributed by atoms with Crippen molar-refractivity contribution in [3.8, 4) is 17.2 Å². The van der Waals surface area contributed by atoms with E-state index in [0.29, 0.717) is 23.7 Å². The Kier molecular flexibility index (Phi) is 9.98. The average molecular weight is 525 g/mol. The van der Waals surface area contributed by atoms with E-state index in [1.165, 1.54) is 11.1 Å². The predicted molar refractivity (Wildman–Crippen MR) is 155 cm³/mol. The van der Waals surface area contributed by atoms with Crippen molar-refractivity contribution in [2.45, 2.75) is 18.9 Å². The second-order valence-electron chi connectivity index (χ2n) is 9.39. The SMILES string of the molecule is COc1ccc(CN(CCCOc2cccc(C(N)=O)c2)CC(c2ccccc2)c2ccccc2)cc1OC. The van der Waals surface area contributed by atoms with Crippen LogP contribution in [-0.4, -0.2) is 44.7 Å². The third-order valence-corrected chi connectivity index (χ3v) is 6.70. The fourth-order valence-electron chi connectivity index (χ4n) is 4.72. The summed E-state index contributed by atoms with van der Waals surface area (Å²) in [6.45, 7) is 2.92. The molecule has 4 aromatic rings. The quantitative estimate of drug-likeness (QED) is 0.208. The van der Waals surface area contributed by atoms with E-state index in [4.69, 9.17) is 19.9 Å². The minimum atomic E-state index is -0.464. The van der Waals surface area contributed by atoms with E-state index in [-0.39, 0.29) is 5.92 Å². The molecule has 0 heterocycles. The number of carbonyl (C=O) groups excluding carboxylic acids is 1. The maximum absolute atomic E-state index is 11.5. The van der Waals surface area contributed by atoms with Gasteiger partial charge in [-0.1, -0.05) is 72.8 Å². The van der Waals surface area contributed by atoms with Gasteiger partial charge in [0, 0.05) is 31.1 Å². The maximum atomic E-state index is 11.5. The van der Waals surface area contributed by atoms with Crippen molar-refractivity contribution in [2.24, 2.45) is 5.73 Å². The normalized spacial score (nSPS) is 11.0. The topological polar surface area (TPSA) is 74.0 Å². The van der Waals surface area contributed by atoms with Crippen molar-refractivity contribution in [3.05, 3.63) is 125 Å². The van der Waals surface area contributed by atoms with Crippen LogP contribution in [0.25, 0.3) is 0 Å². The van der Waals surface area contributed by atoms with Crippen molar-refractivity contribution in [2.75, 3.05) is 33.9 Å². The number of amides is 1. The Morgan fingerprint density at radius 1 is 0.795 bits per heavy atom. The van der Waals surface area contributed by atoms with Gasteiger partial charge in [-0.2, -0.15) is 0 Å². The van der Waals surface area contributed by atoms with Gasteiger partial charge in [0.15, 0.2) is 11.5 Å². The molecule has 0 fully saturated rings. The first-order valence-electron chi connectivity index (χ1n) is 13.1. The first-order chi connectivity index (χ1) is 19.1. The molecule has 0 saturated carbocycles. The summed E-state index contributed by atoms with van der Waals surface area (Å²) in [7, 11) is 3.30. The zero-order valence-electron chi connectivity index (χ0n) is 22.6. The van der Waals surface area contributed by atoms with Gasteiger partial charge >= 0.3 is 0 Å². The molecule has 0 aliphatic rings. The van der Waals surface area contributed by atoms with E-state index in [1.54, 1.807) is 32.4 Å². The zero-order chi connectivity index (χ0) is 27.5. The average Bonchev–Trinajstić information content (AvgIpc) is 2.98. The third-order valence-electron chi connectivity index (χ3n) is 6.70. The fraction of sp³-hybridized carbons (Fsp3) is 0.242. The lowest BCUT2D eigenvalue weighted by Crippen LogP contribution is -2.30. The summed E-state index contributed by atoms with van der Waals surface area (Å²) in [5.41, 5.74) is 9.55. The van der Waals surface area contributed by atoms with Crippen LogP contribution in [0.2, 0.25) is 0 Å². The minimum absolute atomic E-state index is 0.209. The summed E-state index contributed by atoms with van der Waals surface area (Å²) in [5, 5.41) is 0. The molecule has 0 spiro atoms. The van der Waals surface area contributed by atoms with Crippen molar-refractivity contribution < 1.29 is 19.0 Å². The van der Waals surface area contributed by atoms with E-state index < -0.39 is 5.91 Å². The molecule has 39 heavy (non-hydrogen) atoms. The molecule has 0 bridgehead atoms. The number of rotatable bonds is 14. The van der Waals surface area contributed by atoms with Gasteiger partial charge in [-0.25, -0.2) is 0 Å². The molecule has 0 aliphatic heterocycles. The number of benzene rings is 4. The number of ether oxygens (including phenoxy) is 3. The van der Waals surface area contributed by atoms with Crippen LogP contribution in [0, 0.1) is 0 Å². The van der Waals surface area contributed by atoms with Crippen LogP contribution in [0.4, 0.5) is 0 Å². The van der Waals surface area contributed by atoms with E-state index in [1.807, 2.05) is 18.2 Å². The van der Waals surface area contributed by atoms with Crippen molar-refractivity contribution in [1.29, 1.82) is 0 Å². The molecule has 2 N–H and O–H groups in total. The van der Waals surface area contributed by atoms with Crippen LogP contribution in [0.1, 0.15) is 39.4 Å². The minimum Gasteiger partial charge on any atom is -0.494 e. The maximum Gasteiger partial charge on any atom is 0.248 e. The van der Waals surface area contributed by atoms with Crippen LogP contribution < -0.4 is 19.9 Å². The second-order valence-corrected chi connectivity index (χ2v) is 9.39. The van der Waals surface area contributed by atoms with E-state index >= 15 is 0 Å². The highest BCUT2D eigenvalue weighted by molar-refractivity contribution is 5.93. The van der Waals surface area contributed by atoms with Gasteiger partial charge in [0.2, 0.25) is 5.91 Å². The third kappa shape index (κ3) is 7.85. The summed E-state index contributed by atoms with van der Waals surface area (Å²) in [6, 6.07) is 34.3. The Labute approximate surface area is 230 Å². The lowest BCUT2D eigenvalue weighted by atomic mass is 9.90. The Balaban J connectivity index is 1.52. The van der Waals surface area contributed by atoms with Gasteiger partial charge < -0.3 is 19.9 Å². The highest BCUT2D eigenvalue weighted by Gasteiger charge is 2.19. The van der Waals surface area contributed by atoms with Crippen molar-refractivity contribution in [1.82, 2.24) is 4.90 Å². The summed E-state index contributed by atoms with van der Waals surface area (Å²) in [5.74, 6) is 1.82. The first-order valence-corrected chi connectivity index (χ1v) is 13.1. The summed E-state index contributed by atoms with van der Waals surface area (Å²) >= 11 is 0. The second kappa shape index (κ2) is 14.0. The van der Waals surface area contributed by atoms with Crippen LogP contribution >= 0.6 is 0 Å². The Bertz CT molecular complexity index is 1290. The smallest absolute Gasteiger partial charge is 0.248 e. The van der Waals surface area contributed by atoms with E-state index in [2.05, 4.69) is 71.6 Å². The molecule has 6 heteroatoms. The highest BCUT2D eigenvalue weighted by Crippen LogP contribution is 2.30. The van der Waals surface area contributed by atoms with Crippen molar-refractivity contribution >= 4 is 5.91 Å². The molecule has 0 unspecified atom stereocenters. The Morgan fingerprint density at radius 3 is 2.08 bits per heavy atom.